The van der Waals surface area contributed by atoms with Gasteiger partial charge in [0.15, 0.2) is 6.04 Å². The second kappa shape index (κ2) is 7.82. The van der Waals surface area contributed by atoms with Crippen LogP contribution in [0.5, 0.6) is 0 Å². The van der Waals surface area contributed by atoms with Crippen LogP contribution in [0.4, 0.5) is 4.79 Å². The number of rotatable bonds is 5. The predicted octanol–water partition coefficient (Wildman–Crippen LogP) is -0.195. The molecule has 0 saturated carbocycles. The first kappa shape index (κ1) is 17.2. The summed E-state index contributed by atoms with van der Waals surface area (Å²) in [5, 5.41) is 20.5. The first-order chi connectivity index (χ1) is 9.86. The van der Waals surface area contributed by atoms with E-state index in [0.717, 1.165) is 0 Å². The molecule has 1 aliphatic heterocycles. The minimum Gasteiger partial charge on any atom is -0.480 e. The Morgan fingerprint density at radius 1 is 1.33 bits per heavy atom. The van der Waals surface area contributed by atoms with Gasteiger partial charge >= 0.3 is 18.0 Å². The molecule has 2 atom stereocenters. The first-order valence-electron chi connectivity index (χ1n) is 6.99. The van der Waals surface area contributed by atoms with Crippen LogP contribution < -0.4 is 5.32 Å². The minimum absolute atomic E-state index is 0.221. The van der Waals surface area contributed by atoms with Gasteiger partial charge in [0.25, 0.3) is 0 Å². The topological polar surface area (TPSA) is 116 Å². The maximum absolute atomic E-state index is 11.9. The molecule has 120 valence electrons. The summed E-state index contributed by atoms with van der Waals surface area (Å²) in [5.41, 5.74) is 0. The van der Waals surface area contributed by atoms with Gasteiger partial charge in [-0.1, -0.05) is 0 Å². The van der Waals surface area contributed by atoms with E-state index in [2.05, 4.69) is 5.32 Å². The van der Waals surface area contributed by atoms with E-state index in [1.54, 1.807) is 6.92 Å². The van der Waals surface area contributed by atoms with Crippen molar-refractivity contribution < 1.29 is 29.3 Å². The number of likely N-dealkylation sites (tertiary alicyclic amines) is 1. The molecule has 1 heterocycles. The lowest BCUT2D eigenvalue weighted by molar-refractivity contribution is -0.149. The fourth-order valence-corrected chi connectivity index (χ4v) is 2.19. The number of hydrogen-bond acceptors (Lipinski definition) is 5. The summed E-state index contributed by atoms with van der Waals surface area (Å²) in [6, 6.07) is -1.90. The third-order valence-electron chi connectivity index (χ3n) is 3.43. The number of nitrogens with zero attached hydrogens (tertiary/aromatic N) is 1. The largest absolute Gasteiger partial charge is 0.480 e. The number of carbonyl (C=O) groups is 3. The summed E-state index contributed by atoms with van der Waals surface area (Å²) in [6.45, 7) is 4.06. The van der Waals surface area contributed by atoms with Gasteiger partial charge in [0.05, 0.1) is 18.6 Å². The molecule has 0 bridgehead atoms. The molecular weight excluding hydrogens is 280 g/mol. The van der Waals surface area contributed by atoms with Crippen LogP contribution in [0.2, 0.25) is 0 Å². The van der Waals surface area contributed by atoms with Gasteiger partial charge in [0, 0.05) is 13.1 Å². The molecule has 0 aromatic heterocycles. The fraction of sp³-hybridized carbons (Fsp3) is 0.769. The number of aliphatic hydroxyl groups is 1. The van der Waals surface area contributed by atoms with Gasteiger partial charge < -0.3 is 25.2 Å². The summed E-state index contributed by atoms with van der Waals surface area (Å²) < 4.78 is 4.94. The van der Waals surface area contributed by atoms with Gasteiger partial charge in [0.2, 0.25) is 0 Å². The Bertz CT molecular complexity index is 390. The van der Waals surface area contributed by atoms with E-state index in [1.807, 2.05) is 0 Å². The highest BCUT2D eigenvalue weighted by Crippen LogP contribution is 2.18. The molecule has 1 aliphatic rings. The molecule has 0 spiro atoms. The summed E-state index contributed by atoms with van der Waals surface area (Å²) >= 11 is 0. The van der Waals surface area contributed by atoms with Gasteiger partial charge in [-0.05, 0) is 26.7 Å². The van der Waals surface area contributed by atoms with Crippen LogP contribution in [-0.2, 0) is 14.3 Å². The van der Waals surface area contributed by atoms with E-state index in [1.165, 1.54) is 11.8 Å². The van der Waals surface area contributed by atoms with E-state index < -0.39 is 24.1 Å². The maximum atomic E-state index is 11.9. The monoisotopic (exact) mass is 302 g/mol. The molecule has 8 nitrogen and oxygen atoms in total. The van der Waals surface area contributed by atoms with Crippen molar-refractivity contribution in [2.24, 2.45) is 5.92 Å². The number of nitrogens with one attached hydrogen (secondary N) is 1. The molecule has 0 radical (unpaired) electrons. The molecule has 8 heteroatoms. The number of amides is 2. The Balaban J connectivity index is 2.48. The number of carboxylic acid groups (broad SMARTS) is 1. The summed E-state index contributed by atoms with van der Waals surface area (Å²) in [5.74, 6) is -1.77. The number of carboxylic acids is 1. The van der Waals surface area contributed by atoms with E-state index >= 15 is 0 Å². The zero-order valence-corrected chi connectivity index (χ0v) is 12.2. The number of aliphatic hydroxyl groups excluding tert-OH is 1. The van der Waals surface area contributed by atoms with E-state index in [-0.39, 0.29) is 11.9 Å². The Hall–Kier alpha value is -1.83. The van der Waals surface area contributed by atoms with E-state index in [0.29, 0.717) is 32.5 Å². The smallest absolute Gasteiger partial charge is 0.328 e. The highest BCUT2D eigenvalue weighted by Gasteiger charge is 2.31. The van der Waals surface area contributed by atoms with Gasteiger partial charge in [-0.2, -0.15) is 0 Å². The average Bonchev–Trinajstić information content (AvgIpc) is 2.44. The lowest BCUT2D eigenvalue weighted by Gasteiger charge is -2.32. The average molecular weight is 302 g/mol. The second-order valence-corrected chi connectivity index (χ2v) is 5.02. The zero-order valence-electron chi connectivity index (χ0n) is 12.2. The SMILES string of the molecule is CCOC(=O)C1CCN(C(=O)N[C@H](C(=O)O)[C@@H](C)O)CC1. The molecule has 21 heavy (non-hydrogen) atoms. The number of hydrogen-bond donors (Lipinski definition) is 3. The van der Waals surface area contributed by atoms with Crippen molar-refractivity contribution >= 4 is 18.0 Å². The fourth-order valence-electron chi connectivity index (χ4n) is 2.19. The van der Waals surface area contributed by atoms with E-state index in [9.17, 15) is 19.5 Å². The molecule has 2 amide bonds. The Kier molecular flexibility index (Phi) is 6.41. The molecule has 1 saturated heterocycles. The zero-order chi connectivity index (χ0) is 16.0. The number of piperidine rings is 1. The van der Waals surface area contributed by atoms with Crippen molar-refractivity contribution in [3.05, 3.63) is 0 Å². The Morgan fingerprint density at radius 3 is 2.33 bits per heavy atom. The van der Waals surface area contributed by atoms with Crippen LogP contribution in [0.1, 0.15) is 26.7 Å². The van der Waals surface area contributed by atoms with Crippen molar-refractivity contribution in [2.75, 3.05) is 19.7 Å². The van der Waals surface area contributed by atoms with Crippen LogP contribution in [-0.4, -0.2) is 64.9 Å². The Morgan fingerprint density at radius 2 is 1.90 bits per heavy atom. The normalized spacial score (nSPS) is 18.7. The number of ether oxygens (including phenoxy) is 1. The van der Waals surface area contributed by atoms with E-state index in [4.69, 9.17) is 9.84 Å². The summed E-state index contributed by atoms with van der Waals surface area (Å²) in [6.07, 6.45) is -0.222. The van der Waals surface area contributed by atoms with Crippen LogP contribution in [0, 0.1) is 5.92 Å². The van der Waals surface area contributed by atoms with Gasteiger partial charge in [-0.3, -0.25) is 4.79 Å². The molecule has 3 N–H and O–H groups in total. The first-order valence-corrected chi connectivity index (χ1v) is 6.99. The quantitative estimate of drug-likeness (QED) is 0.606. The van der Waals surface area contributed by atoms with Crippen LogP contribution in [0.25, 0.3) is 0 Å². The van der Waals surface area contributed by atoms with Crippen molar-refractivity contribution in [3.63, 3.8) is 0 Å². The van der Waals surface area contributed by atoms with Gasteiger partial charge in [-0.15, -0.1) is 0 Å². The lowest BCUT2D eigenvalue weighted by Crippen LogP contribution is -2.54. The summed E-state index contributed by atoms with van der Waals surface area (Å²) in [7, 11) is 0. The molecule has 0 aromatic carbocycles. The van der Waals surface area contributed by atoms with Gasteiger partial charge in [0.1, 0.15) is 0 Å². The summed E-state index contributed by atoms with van der Waals surface area (Å²) in [4.78, 5) is 35.9. The van der Waals surface area contributed by atoms with Crippen LogP contribution in [0.3, 0.4) is 0 Å². The molecule has 0 unspecified atom stereocenters. The van der Waals surface area contributed by atoms with Crippen LogP contribution >= 0.6 is 0 Å². The lowest BCUT2D eigenvalue weighted by atomic mass is 9.97. The van der Waals surface area contributed by atoms with Crippen molar-refractivity contribution in [1.29, 1.82) is 0 Å². The number of urea groups is 1. The van der Waals surface area contributed by atoms with Gasteiger partial charge in [-0.25, -0.2) is 9.59 Å². The highest BCUT2D eigenvalue weighted by molar-refractivity contribution is 5.83. The van der Waals surface area contributed by atoms with Crippen molar-refractivity contribution in [2.45, 2.75) is 38.8 Å². The molecular formula is C13H22N2O6. The van der Waals surface area contributed by atoms with Crippen molar-refractivity contribution in [1.82, 2.24) is 10.2 Å². The highest BCUT2D eigenvalue weighted by atomic mass is 16.5. The number of esters is 1. The molecule has 1 fully saturated rings. The second-order valence-electron chi connectivity index (χ2n) is 5.02. The van der Waals surface area contributed by atoms with Crippen LogP contribution in [0.15, 0.2) is 0 Å². The predicted molar refractivity (Wildman–Crippen MR) is 72.6 cm³/mol. The third kappa shape index (κ3) is 4.89. The van der Waals surface area contributed by atoms with Crippen molar-refractivity contribution in [3.8, 4) is 0 Å². The standard InChI is InChI=1S/C13H22N2O6/c1-3-21-12(19)9-4-6-15(7-5-9)13(20)14-10(8(2)16)11(17)18/h8-10,16H,3-7H2,1-2H3,(H,14,20)(H,17,18)/t8-,10+/m1/s1. The molecule has 0 aliphatic carbocycles. The third-order valence-corrected chi connectivity index (χ3v) is 3.43. The maximum Gasteiger partial charge on any atom is 0.328 e. The number of aliphatic carboxylic acids is 1. The minimum atomic E-state index is -1.35. The Labute approximate surface area is 123 Å². The number of carbonyl (C=O) groups excluding carboxylic acids is 2. The molecule has 0 aromatic rings. The molecule has 1 rings (SSSR count).